The maximum atomic E-state index is 10.9. The van der Waals surface area contributed by atoms with Crippen LogP contribution in [0.1, 0.15) is 40.7 Å². The first-order valence-corrected chi connectivity index (χ1v) is 7.59. The number of carboxylic acids is 1. The lowest BCUT2D eigenvalue weighted by Gasteiger charge is -2.13. The lowest BCUT2D eigenvalue weighted by molar-refractivity contribution is 0.0697. The van der Waals surface area contributed by atoms with Gasteiger partial charge in [0.25, 0.3) is 0 Å². The highest BCUT2D eigenvalue weighted by atomic mass is 16.5. The molecule has 0 radical (unpaired) electrons. The second-order valence-corrected chi connectivity index (χ2v) is 5.21. The van der Waals surface area contributed by atoms with E-state index in [4.69, 9.17) is 9.84 Å². The van der Waals surface area contributed by atoms with E-state index in [1.807, 2.05) is 24.3 Å². The minimum absolute atomic E-state index is 0.221. The molecule has 1 atom stereocenters. The van der Waals surface area contributed by atoms with Gasteiger partial charge in [-0.05, 0) is 35.7 Å². The van der Waals surface area contributed by atoms with Crippen LogP contribution in [0.3, 0.4) is 0 Å². The van der Waals surface area contributed by atoms with E-state index in [9.17, 15) is 10.1 Å². The Bertz CT molecular complexity index is 701. The van der Waals surface area contributed by atoms with E-state index in [1.165, 1.54) is 12.1 Å². The number of nitriles is 1. The zero-order chi connectivity index (χ0) is 16.7. The zero-order valence-corrected chi connectivity index (χ0v) is 13.0. The van der Waals surface area contributed by atoms with Crippen molar-refractivity contribution >= 4 is 5.97 Å². The van der Waals surface area contributed by atoms with Crippen LogP contribution < -0.4 is 4.74 Å². The minimum Gasteiger partial charge on any atom is -0.493 e. The number of aryl methyl sites for hydroxylation is 1. The van der Waals surface area contributed by atoms with Gasteiger partial charge in [-0.1, -0.05) is 37.3 Å². The Kier molecular flexibility index (Phi) is 5.76. The van der Waals surface area contributed by atoms with Crippen molar-refractivity contribution in [2.24, 2.45) is 0 Å². The number of hydrogen-bond acceptors (Lipinski definition) is 3. The summed E-state index contributed by atoms with van der Waals surface area (Å²) < 4.78 is 5.80. The Hall–Kier alpha value is -2.80. The largest absolute Gasteiger partial charge is 0.493 e. The fourth-order valence-corrected chi connectivity index (χ4v) is 2.39. The summed E-state index contributed by atoms with van der Waals surface area (Å²) >= 11 is 0. The Morgan fingerprint density at radius 2 is 1.91 bits per heavy atom. The summed E-state index contributed by atoms with van der Waals surface area (Å²) in [6.45, 7) is 2.51. The Balaban J connectivity index is 1.97. The summed E-state index contributed by atoms with van der Waals surface area (Å²) in [7, 11) is 0. The van der Waals surface area contributed by atoms with Gasteiger partial charge in [-0.15, -0.1) is 0 Å². The molecule has 0 aliphatic carbocycles. The molecule has 0 aliphatic heterocycles. The van der Waals surface area contributed by atoms with E-state index in [-0.39, 0.29) is 11.5 Å². The molecule has 0 bridgehead atoms. The summed E-state index contributed by atoms with van der Waals surface area (Å²) in [6.07, 6.45) is 1.45. The third kappa shape index (κ3) is 4.33. The highest BCUT2D eigenvalue weighted by Gasteiger charge is 2.12. The summed E-state index contributed by atoms with van der Waals surface area (Å²) in [4.78, 5) is 10.9. The molecule has 0 aromatic heterocycles. The number of aromatic carboxylic acids is 1. The average Bonchev–Trinajstić information content (AvgIpc) is 2.59. The van der Waals surface area contributed by atoms with E-state index in [1.54, 1.807) is 12.1 Å². The fraction of sp³-hybridized carbons (Fsp3) is 0.263. The molecule has 0 spiro atoms. The number of para-hydroxylation sites is 1. The standard InChI is InChI=1S/C19H19NO3/c1-2-14-5-3-4-6-18(14)23-12-11-17(13-20)15-7-9-16(10-8-15)19(21)22/h3-10,17H,2,11-12H2,1H3,(H,21,22). The quantitative estimate of drug-likeness (QED) is 0.838. The normalized spacial score (nSPS) is 11.5. The molecule has 0 fully saturated rings. The van der Waals surface area contributed by atoms with Crippen molar-refractivity contribution in [3.05, 3.63) is 65.2 Å². The van der Waals surface area contributed by atoms with E-state index in [2.05, 4.69) is 13.0 Å². The molecule has 1 N–H and O–H groups in total. The van der Waals surface area contributed by atoms with Gasteiger partial charge in [-0.25, -0.2) is 4.79 Å². The number of nitrogens with zero attached hydrogens (tertiary/aromatic N) is 1. The van der Waals surface area contributed by atoms with E-state index in [0.29, 0.717) is 13.0 Å². The molecule has 0 amide bonds. The lowest BCUT2D eigenvalue weighted by atomic mass is 9.96. The predicted octanol–water partition coefficient (Wildman–Crippen LogP) is 4.02. The van der Waals surface area contributed by atoms with Gasteiger partial charge in [0.05, 0.1) is 24.2 Å². The molecular formula is C19H19NO3. The lowest BCUT2D eigenvalue weighted by Crippen LogP contribution is -2.06. The second-order valence-electron chi connectivity index (χ2n) is 5.21. The topological polar surface area (TPSA) is 70.3 Å². The molecule has 4 heteroatoms. The third-order valence-corrected chi connectivity index (χ3v) is 3.73. The van der Waals surface area contributed by atoms with Crippen molar-refractivity contribution in [2.45, 2.75) is 25.7 Å². The maximum Gasteiger partial charge on any atom is 0.335 e. The van der Waals surface area contributed by atoms with Gasteiger partial charge in [0, 0.05) is 6.42 Å². The molecule has 0 aliphatic rings. The number of carboxylic acid groups (broad SMARTS) is 1. The molecule has 118 valence electrons. The van der Waals surface area contributed by atoms with Crippen LogP contribution in [0, 0.1) is 11.3 Å². The van der Waals surface area contributed by atoms with Crippen LogP contribution in [0.4, 0.5) is 0 Å². The van der Waals surface area contributed by atoms with Gasteiger partial charge in [0.2, 0.25) is 0 Å². The monoisotopic (exact) mass is 309 g/mol. The van der Waals surface area contributed by atoms with Gasteiger partial charge in [-0.2, -0.15) is 5.26 Å². The van der Waals surface area contributed by atoms with Gasteiger partial charge >= 0.3 is 5.97 Å². The molecular weight excluding hydrogens is 290 g/mol. The maximum absolute atomic E-state index is 10.9. The van der Waals surface area contributed by atoms with Crippen LogP contribution in [0.5, 0.6) is 5.75 Å². The Morgan fingerprint density at radius 1 is 1.22 bits per heavy atom. The number of rotatable bonds is 7. The Labute approximate surface area is 136 Å². The number of carbonyl (C=O) groups is 1. The van der Waals surface area contributed by atoms with Gasteiger partial charge in [0.15, 0.2) is 0 Å². The van der Waals surface area contributed by atoms with Crippen molar-refractivity contribution in [3.63, 3.8) is 0 Å². The van der Waals surface area contributed by atoms with Gasteiger partial charge < -0.3 is 9.84 Å². The molecule has 23 heavy (non-hydrogen) atoms. The first-order chi connectivity index (χ1) is 11.2. The molecule has 2 aromatic rings. The highest BCUT2D eigenvalue weighted by Crippen LogP contribution is 2.22. The van der Waals surface area contributed by atoms with Crippen molar-refractivity contribution in [1.82, 2.24) is 0 Å². The van der Waals surface area contributed by atoms with Crippen molar-refractivity contribution in [3.8, 4) is 11.8 Å². The van der Waals surface area contributed by atoms with Crippen LogP contribution in [0.25, 0.3) is 0 Å². The number of ether oxygens (including phenoxy) is 1. The molecule has 0 saturated carbocycles. The zero-order valence-electron chi connectivity index (χ0n) is 13.0. The summed E-state index contributed by atoms with van der Waals surface area (Å²) in [5.74, 6) is -0.427. The van der Waals surface area contributed by atoms with Crippen molar-refractivity contribution < 1.29 is 14.6 Å². The first-order valence-electron chi connectivity index (χ1n) is 7.59. The van der Waals surface area contributed by atoms with Gasteiger partial charge in [-0.3, -0.25) is 0 Å². The summed E-state index contributed by atoms with van der Waals surface area (Å²) in [5, 5.41) is 18.2. The van der Waals surface area contributed by atoms with Crippen molar-refractivity contribution in [2.75, 3.05) is 6.61 Å². The van der Waals surface area contributed by atoms with E-state index >= 15 is 0 Å². The first kappa shape index (κ1) is 16.6. The smallest absolute Gasteiger partial charge is 0.335 e. The highest BCUT2D eigenvalue weighted by molar-refractivity contribution is 5.87. The van der Waals surface area contributed by atoms with Crippen molar-refractivity contribution in [1.29, 1.82) is 5.26 Å². The number of hydrogen-bond donors (Lipinski definition) is 1. The SMILES string of the molecule is CCc1ccccc1OCCC(C#N)c1ccc(C(=O)O)cc1. The van der Waals surface area contributed by atoms with Gasteiger partial charge in [0.1, 0.15) is 5.75 Å². The van der Waals surface area contributed by atoms with Crippen LogP contribution in [-0.2, 0) is 6.42 Å². The molecule has 4 nitrogen and oxygen atoms in total. The molecule has 2 rings (SSSR count). The molecule has 0 heterocycles. The third-order valence-electron chi connectivity index (χ3n) is 3.73. The van der Waals surface area contributed by atoms with Crippen LogP contribution in [0.15, 0.2) is 48.5 Å². The number of benzene rings is 2. The molecule has 1 unspecified atom stereocenters. The average molecular weight is 309 g/mol. The van der Waals surface area contributed by atoms with E-state index in [0.717, 1.165) is 23.3 Å². The minimum atomic E-state index is -0.968. The van der Waals surface area contributed by atoms with E-state index < -0.39 is 5.97 Å². The van der Waals surface area contributed by atoms with Crippen LogP contribution >= 0.6 is 0 Å². The van der Waals surface area contributed by atoms with Crippen LogP contribution in [0.2, 0.25) is 0 Å². The Morgan fingerprint density at radius 3 is 2.52 bits per heavy atom. The summed E-state index contributed by atoms with van der Waals surface area (Å²) in [6, 6.07) is 16.6. The molecule has 2 aromatic carbocycles. The fourth-order valence-electron chi connectivity index (χ4n) is 2.39. The predicted molar refractivity (Wildman–Crippen MR) is 87.7 cm³/mol. The molecule has 0 saturated heterocycles. The summed E-state index contributed by atoms with van der Waals surface area (Å²) in [5.41, 5.74) is 2.18. The second kappa shape index (κ2) is 8.00. The van der Waals surface area contributed by atoms with Crippen LogP contribution in [-0.4, -0.2) is 17.7 Å².